The molecule has 10 heteroatoms. The predicted molar refractivity (Wildman–Crippen MR) is 80.8 cm³/mol. The molecule has 0 radical (unpaired) electrons. The Bertz CT molecular complexity index is 588. The molecular formula is C12H17ClN6O3. The topological polar surface area (TPSA) is 156 Å². The predicted octanol–water partition coefficient (Wildman–Crippen LogP) is 0.802. The Kier molecular flexibility index (Phi) is 4.86. The van der Waals surface area contributed by atoms with E-state index in [2.05, 4.69) is 20.6 Å². The van der Waals surface area contributed by atoms with Gasteiger partial charge in [0.1, 0.15) is 0 Å². The van der Waals surface area contributed by atoms with Crippen LogP contribution in [0, 0.1) is 0 Å². The van der Waals surface area contributed by atoms with Crippen LogP contribution in [0.4, 0.5) is 16.4 Å². The van der Waals surface area contributed by atoms with Crippen LogP contribution in [0.2, 0.25) is 5.15 Å². The zero-order chi connectivity index (χ0) is 16.3. The Labute approximate surface area is 131 Å². The van der Waals surface area contributed by atoms with Crippen molar-refractivity contribution >= 4 is 35.2 Å². The third kappa shape index (κ3) is 3.88. The smallest absolute Gasteiger partial charge is 0.404 e. The first-order valence-electron chi connectivity index (χ1n) is 6.75. The summed E-state index contributed by atoms with van der Waals surface area (Å²) in [5.41, 5.74) is 10.6. The summed E-state index contributed by atoms with van der Waals surface area (Å²) < 4.78 is 0. The van der Waals surface area contributed by atoms with Crippen LogP contribution in [0.3, 0.4) is 0 Å². The second-order valence-electron chi connectivity index (χ2n) is 5.10. The van der Waals surface area contributed by atoms with Gasteiger partial charge in [0.15, 0.2) is 22.5 Å². The van der Waals surface area contributed by atoms with Crippen LogP contribution in [0.1, 0.15) is 36.2 Å². The molecule has 0 saturated heterocycles. The van der Waals surface area contributed by atoms with E-state index in [1.807, 2.05) is 0 Å². The maximum absolute atomic E-state index is 11.1. The van der Waals surface area contributed by atoms with Gasteiger partial charge in [0.05, 0.1) is 0 Å². The molecule has 7 N–H and O–H groups in total. The van der Waals surface area contributed by atoms with Crippen LogP contribution in [-0.2, 0) is 0 Å². The average molecular weight is 329 g/mol. The van der Waals surface area contributed by atoms with Crippen molar-refractivity contribution in [1.29, 1.82) is 0 Å². The van der Waals surface area contributed by atoms with E-state index in [9.17, 15) is 9.59 Å². The molecule has 0 atom stereocenters. The fraction of sp³-hybridized carbons (Fsp3) is 0.500. The number of carbonyl (C=O) groups excluding carboxylic acids is 1. The zero-order valence-corrected chi connectivity index (χ0v) is 12.4. The van der Waals surface area contributed by atoms with E-state index < -0.39 is 12.0 Å². The van der Waals surface area contributed by atoms with Gasteiger partial charge in [-0.15, -0.1) is 0 Å². The molecule has 1 aliphatic carbocycles. The minimum atomic E-state index is -1.01. The van der Waals surface area contributed by atoms with E-state index in [0.717, 1.165) is 12.8 Å². The lowest BCUT2D eigenvalue weighted by Crippen LogP contribution is -2.39. The number of primary amides is 1. The molecule has 1 fully saturated rings. The number of hydrogen-bond acceptors (Lipinski definition) is 6. The van der Waals surface area contributed by atoms with Crippen molar-refractivity contribution in [2.75, 3.05) is 11.1 Å². The number of nitrogens with zero attached hydrogens (tertiary/aromatic N) is 2. The largest absolute Gasteiger partial charge is 0.465 e. The number of nitrogens with one attached hydrogen (secondary N) is 2. The van der Waals surface area contributed by atoms with Gasteiger partial charge < -0.3 is 27.2 Å². The molecule has 0 spiro atoms. The minimum absolute atomic E-state index is 0.0220. The standard InChI is InChI=1S/C12H17ClN6O3/c13-8-11(19-9(14)7(18-8)10(15)20)16-5-1-3-6(4-2-5)17-12(21)22/h5-6,17H,1-4H2,(H2,15,20)(H,21,22)(H3,14,16,19). The summed E-state index contributed by atoms with van der Waals surface area (Å²) in [5.74, 6) is -0.585. The van der Waals surface area contributed by atoms with Crippen LogP contribution >= 0.6 is 11.6 Å². The Hall–Kier alpha value is -2.29. The van der Waals surface area contributed by atoms with Crippen molar-refractivity contribution in [2.24, 2.45) is 5.73 Å². The Morgan fingerprint density at radius 3 is 2.32 bits per heavy atom. The van der Waals surface area contributed by atoms with Crippen molar-refractivity contribution in [3.8, 4) is 0 Å². The third-order valence-corrected chi connectivity index (χ3v) is 3.77. The van der Waals surface area contributed by atoms with Gasteiger partial charge in [-0.05, 0) is 25.7 Å². The van der Waals surface area contributed by atoms with E-state index in [1.54, 1.807) is 0 Å². The summed E-state index contributed by atoms with van der Waals surface area (Å²) in [6.45, 7) is 0. The highest BCUT2D eigenvalue weighted by molar-refractivity contribution is 6.32. The molecule has 22 heavy (non-hydrogen) atoms. The number of amides is 2. The summed E-state index contributed by atoms with van der Waals surface area (Å²) in [7, 11) is 0. The first kappa shape index (κ1) is 16.1. The summed E-state index contributed by atoms with van der Waals surface area (Å²) in [6.07, 6.45) is 1.91. The lowest BCUT2D eigenvalue weighted by molar-refractivity contribution is 0.0996. The van der Waals surface area contributed by atoms with Crippen molar-refractivity contribution in [2.45, 2.75) is 37.8 Å². The number of carbonyl (C=O) groups is 2. The fourth-order valence-electron chi connectivity index (χ4n) is 2.45. The normalized spacial score (nSPS) is 21.1. The number of carboxylic acid groups (broad SMARTS) is 1. The molecule has 1 aliphatic rings. The Morgan fingerprint density at radius 2 is 1.77 bits per heavy atom. The molecule has 2 amide bonds. The number of aromatic nitrogens is 2. The average Bonchev–Trinajstić information content (AvgIpc) is 2.43. The van der Waals surface area contributed by atoms with Crippen LogP contribution in [0.15, 0.2) is 0 Å². The highest BCUT2D eigenvalue weighted by Crippen LogP contribution is 2.26. The maximum atomic E-state index is 11.1. The monoisotopic (exact) mass is 328 g/mol. The molecule has 9 nitrogen and oxygen atoms in total. The molecule has 0 aliphatic heterocycles. The van der Waals surface area contributed by atoms with Crippen LogP contribution < -0.4 is 22.1 Å². The number of rotatable bonds is 4. The summed E-state index contributed by atoms with van der Waals surface area (Å²) >= 11 is 5.97. The van der Waals surface area contributed by atoms with Crippen molar-refractivity contribution in [1.82, 2.24) is 15.3 Å². The molecular weight excluding hydrogens is 312 g/mol. The number of halogens is 1. The SMILES string of the molecule is NC(=O)c1nc(Cl)c(NC2CCC(NC(=O)O)CC2)nc1N. The molecule has 0 bridgehead atoms. The second-order valence-corrected chi connectivity index (χ2v) is 5.46. The van der Waals surface area contributed by atoms with Crippen LogP contribution in [0.5, 0.6) is 0 Å². The van der Waals surface area contributed by atoms with Gasteiger partial charge in [0.2, 0.25) is 0 Å². The lowest BCUT2D eigenvalue weighted by atomic mass is 9.91. The lowest BCUT2D eigenvalue weighted by Gasteiger charge is -2.29. The number of nitrogen functional groups attached to an aromatic ring is 1. The van der Waals surface area contributed by atoms with Crippen LogP contribution in [-0.4, -0.2) is 39.2 Å². The first-order chi connectivity index (χ1) is 10.4. The highest BCUT2D eigenvalue weighted by Gasteiger charge is 2.24. The molecule has 2 rings (SSSR count). The van der Waals surface area contributed by atoms with Crippen molar-refractivity contribution in [3.63, 3.8) is 0 Å². The van der Waals surface area contributed by atoms with Crippen molar-refractivity contribution < 1.29 is 14.7 Å². The van der Waals surface area contributed by atoms with Gasteiger partial charge in [-0.1, -0.05) is 11.6 Å². The summed E-state index contributed by atoms with van der Waals surface area (Å²) in [4.78, 5) is 29.6. The van der Waals surface area contributed by atoms with E-state index in [4.69, 9.17) is 28.2 Å². The quantitative estimate of drug-likeness (QED) is 0.547. The first-order valence-corrected chi connectivity index (χ1v) is 7.13. The highest BCUT2D eigenvalue weighted by atomic mass is 35.5. The Morgan fingerprint density at radius 1 is 1.18 bits per heavy atom. The van der Waals surface area contributed by atoms with Gasteiger partial charge in [0.25, 0.3) is 5.91 Å². The molecule has 1 aromatic rings. The zero-order valence-electron chi connectivity index (χ0n) is 11.7. The summed E-state index contributed by atoms with van der Waals surface area (Å²) in [6, 6.07) is 0.0388. The number of hydrogen-bond donors (Lipinski definition) is 5. The molecule has 0 unspecified atom stereocenters. The molecule has 0 aromatic carbocycles. The summed E-state index contributed by atoms with van der Waals surface area (Å²) in [5, 5.41) is 14.3. The maximum Gasteiger partial charge on any atom is 0.404 e. The van der Waals surface area contributed by atoms with Crippen molar-refractivity contribution in [3.05, 3.63) is 10.8 Å². The number of anilines is 2. The van der Waals surface area contributed by atoms with E-state index in [0.29, 0.717) is 18.7 Å². The van der Waals surface area contributed by atoms with E-state index in [-0.39, 0.29) is 28.7 Å². The van der Waals surface area contributed by atoms with E-state index >= 15 is 0 Å². The molecule has 120 valence electrons. The van der Waals surface area contributed by atoms with Gasteiger partial charge in [-0.25, -0.2) is 14.8 Å². The minimum Gasteiger partial charge on any atom is -0.465 e. The van der Waals surface area contributed by atoms with Gasteiger partial charge >= 0.3 is 6.09 Å². The molecule has 1 heterocycles. The van der Waals surface area contributed by atoms with Gasteiger partial charge in [-0.2, -0.15) is 0 Å². The second kappa shape index (κ2) is 6.65. The van der Waals surface area contributed by atoms with E-state index in [1.165, 1.54) is 0 Å². The third-order valence-electron chi connectivity index (χ3n) is 3.51. The van der Waals surface area contributed by atoms with Gasteiger partial charge in [0, 0.05) is 12.1 Å². The Balaban J connectivity index is 1.99. The van der Waals surface area contributed by atoms with Crippen LogP contribution in [0.25, 0.3) is 0 Å². The molecule has 1 aromatic heterocycles. The number of nitrogens with two attached hydrogens (primary N) is 2. The molecule has 1 saturated carbocycles. The van der Waals surface area contributed by atoms with Gasteiger partial charge in [-0.3, -0.25) is 4.79 Å². The fourth-order valence-corrected chi connectivity index (χ4v) is 2.63.